The fourth-order valence-electron chi connectivity index (χ4n) is 4.43. The first kappa shape index (κ1) is 22.2. The molecule has 0 amide bonds. The Labute approximate surface area is 155 Å². The fraction of sp³-hybridized carbons (Fsp3) is 0.909. The first-order valence-electron chi connectivity index (χ1n) is 10.7. The molecule has 2 fully saturated rings. The summed E-state index contributed by atoms with van der Waals surface area (Å²) >= 11 is 0. The number of aldehydes is 1. The third-order valence-electron chi connectivity index (χ3n) is 6.26. The van der Waals surface area contributed by atoms with Crippen LogP contribution in [0.1, 0.15) is 97.8 Å². The van der Waals surface area contributed by atoms with Crippen LogP contribution in [0.25, 0.3) is 0 Å². The molecule has 2 aliphatic rings. The van der Waals surface area contributed by atoms with E-state index in [0.29, 0.717) is 18.9 Å². The number of hydrogen-bond acceptors (Lipinski definition) is 3. The molecule has 0 radical (unpaired) electrons. The predicted molar refractivity (Wildman–Crippen MR) is 103 cm³/mol. The van der Waals surface area contributed by atoms with E-state index in [1.807, 2.05) is 6.92 Å². The molecule has 0 heterocycles. The summed E-state index contributed by atoms with van der Waals surface area (Å²) in [6.45, 7) is 6.93. The van der Waals surface area contributed by atoms with E-state index in [1.54, 1.807) is 0 Å². The quantitative estimate of drug-likeness (QED) is 0.380. The van der Waals surface area contributed by atoms with Gasteiger partial charge in [-0.15, -0.1) is 0 Å². The van der Waals surface area contributed by atoms with Gasteiger partial charge >= 0.3 is 5.97 Å². The van der Waals surface area contributed by atoms with E-state index in [-0.39, 0.29) is 5.97 Å². The van der Waals surface area contributed by atoms with E-state index in [2.05, 4.69) is 13.8 Å². The van der Waals surface area contributed by atoms with E-state index < -0.39 is 0 Å². The van der Waals surface area contributed by atoms with Crippen LogP contribution in [0.15, 0.2) is 0 Å². The van der Waals surface area contributed by atoms with E-state index in [0.717, 1.165) is 43.3 Å². The van der Waals surface area contributed by atoms with Crippen LogP contribution in [0.4, 0.5) is 0 Å². The first-order chi connectivity index (χ1) is 12.1. The summed E-state index contributed by atoms with van der Waals surface area (Å²) in [5.74, 6) is 3.24. The minimum absolute atomic E-state index is 0.0302. The van der Waals surface area contributed by atoms with Gasteiger partial charge in [-0.2, -0.15) is 0 Å². The zero-order valence-corrected chi connectivity index (χ0v) is 16.8. The lowest BCUT2D eigenvalue weighted by molar-refractivity contribution is -0.143. The molecule has 0 aromatic rings. The van der Waals surface area contributed by atoms with Crippen LogP contribution in [0.3, 0.4) is 0 Å². The van der Waals surface area contributed by atoms with Crippen LogP contribution in [-0.2, 0) is 14.3 Å². The molecule has 0 saturated heterocycles. The lowest BCUT2D eigenvalue weighted by Crippen LogP contribution is -2.11. The standard InChI is InChI=1S/C12H22O2.C10H18O/c1-3-14-12(13)9-8-10(2)11-6-4-5-7-11;1-9(5-4-8-11)10-6-2-3-7-10/h10-11H,3-9H2,1-2H3;8-10H,2-7H2,1H3. The summed E-state index contributed by atoms with van der Waals surface area (Å²) in [5.41, 5.74) is 0. The van der Waals surface area contributed by atoms with Crippen molar-refractivity contribution in [3.63, 3.8) is 0 Å². The van der Waals surface area contributed by atoms with Crippen LogP contribution >= 0.6 is 0 Å². The molecule has 0 aromatic heterocycles. The molecule has 25 heavy (non-hydrogen) atoms. The highest BCUT2D eigenvalue weighted by atomic mass is 16.5. The molecule has 2 atom stereocenters. The number of hydrogen-bond donors (Lipinski definition) is 0. The normalized spacial score (nSPS) is 20.6. The Bertz CT molecular complexity index is 354. The zero-order valence-electron chi connectivity index (χ0n) is 16.8. The third kappa shape index (κ3) is 9.42. The maximum absolute atomic E-state index is 11.1. The zero-order chi connectivity index (χ0) is 18.5. The van der Waals surface area contributed by atoms with Crippen molar-refractivity contribution in [3.05, 3.63) is 0 Å². The van der Waals surface area contributed by atoms with Gasteiger partial charge in [0.2, 0.25) is 0 Å². The second-order valence-corrected chi connectivity index (χ2v) is 8.13. The highest BCUT2D eigenvalue weighted by Gasteiger charge is 2.22. The van der Waals surface area contributed by atoms with Crippen molar-refractivity contribution in [2.75, 3.05) is 6.61 Å². The lowest BCUT2D eigenvalue weighted by atomic mass is 9.89. The maximum Gasteiger partial charge on any atom is 0.305 e. The average molecular weight is 353 g/mol. The summed E-state index contributed by atoms with van der Waals surface area (Å²) < 4.78 is 4.92. The summed E-state index contributed by atoms with van der Waals surface area (Å²) in [4.78, 5) is 21.3. The number of ether oxygens (including phenoxy) is 1. The molecule has 0 aromatic carbocycles. The Morgan fingerprint density at radius 3 is 1.88 bits per heavy atom. The topological polar surface area (TPSA) is 43.4 Å². The van der Waals surface area contributed by atoms with Gasteiger partial charge in [-0.1, -0.05) is 65.2 Å². The molecule has 3 heteroatoms. The minimum Gasteiger partial charge on any atom is -0.466 e. The van der Waals surface area contributed by atoms with E-state index in [4.69, 9.17) is 4.74 Å². The SMILES string of the molecule is CC(CCC=O)C1CCCC1.CCOC(=O)CCC(C)C1CCCC1. The van der Waals surface area contributed by atoms with Gasteiger partial charge in [0.25, 0.3) is 0 Å². The Hall–Kier alpha value is -0.860. The molecule has 146 valence electrons. The van der Waals surface area contributed by atoms with Crippen LogP contribution in [-0.4, -0.2) is 18.9 Å². The van der Waals surface area contributed by atoms with E-state index >= 15 is 0 Å². The Morgan fingerprint density at radius 1 is 0.960 bits per heavy atom. The first-order valence-corrected chi connectivity index (χ1v) is 10.7. The average Bonchev–Trinajstić information content (AvgIpc) is 3.31. The lowest BCUT2D eigenvalue weighted by Gasteiger charge is -2.17. The molecule has 0 aliphatic heterocycles. The van der Waals surface area contributed by atoms with Gasteiger partial charge in [0.1, 0.15) is 6.29 Å². The summed E-state index contributed by atoms with van der Waals surface area (Å²) in [6, 6.07) is 0. The van der Waals surface area contributed by atoms with Crippen LogP contribution in [0.5, 0.6) is 0 Å². The summed E-state index contributed by atoms with van der Waals surface area (Å²) in [7, 11) is 0. The molecule has 0 N–H and O–H groups in total. The van der Waals surface area contributed by atoms with Crippen molar-refractivity contribution < 1.29 is 14.3 Å². The Balaban J connectivity index is 0.000000257. The highest BCUT2D eigenvalue weighted by molar-refractivity contribution is 5.69. The van der Waals surface area contributed by atoms with Crippen LogP contribution < -0.4 is 0 Å². The molecular formula is C22H40O3. The van der Waals surface area contributed by atoms with Gasteiger partial charge in [0, 0.05) is 12.8 Å². The maximum atomic E-state index is 11.1. The molecule has 2 unspecified atom stereocenters. The van der Waals surface area contributed by atoms with Crippen molar-refractivity contribution in [2.45, 2.75) is 97.8 Å². The molecule has 0 bridgehead atoms. The summed E-state index contributed by atoms with van der Waals surface area (Å²) in [6.07, 6.45) is 15.6. The van der Waals surface area contributed by atoms with Gasteiger partial charge in [0.05, 0.1) is 6.61 Å². The Morgan fingerprint density at radius 2 is 1.44 bits per heavy atom. The molecular weight excluding hydrogens is 312 g/mol. The summed E-state index contributed by atoms with van der Waals surface area (Å²) in [5, 5.41) is 0. The molecule has 2 rings (SSSR count). The van der Waals surface area contributed by atoms with E-state index in [9.17, 15) is 9.59 Å². The van der Waals surface area contributed by atoms with Crippen molar-refractivity contribution in [3.8, 4) is 0 Å². The smallest absolute Gasteiger partial charge is 0.305 e. The number of carbonyl (C=O) groups is 2. The van der Waals surface area contributed by atoms with Gasteiger partial charge in [-0.05, 0) is 43.4 Å². The van der Waals surface area contributed by atoms with Gasteiger partial charge in [-0.3, -0.25) is 4.79 Å². The third-order valence-corrected chi connectivity index (χ3v) is 6.26. The second-order valence-electron chi connectivity index (χ2n) is 8.13. The molecule has 2 saturated carbocycles. The van der Waals surface area contributed by atoms with Crippen molar-refractivity contribution >= 4 is 12.3 Å². The largest absolute Gasteiger partial charge is 0.466 e. The van der Waals surface area contributed by atoms with Gasteiger partial charge < -0.3 is 9.53 Å². The second kappa shape index (κ2) is 13.4. The molecule has 3 nitrogen and oxygen atoms in total. The minimum atomic E-state index is -0.0302. The van der Waals surface area contributed by atoms with Crippen molar-refractivity contribution in [1.82, 2.24) is 0 Å². The number of esters is 1. The monoisotopic (exact) mass is 352 g/mol. The Kier molecular flexibility index (Phi) is 11.9. The number of carbonyl (C=O) groups excluding carboxylic acids is 2. The van der Waals surface area contributed by atoms with Gasteiger partial charge in [0.15, 0.2) is 0 Å². The van der Waals surface area contributed by atoms with Crippen molar-refractivity contribution in [2.24, 2.45) is 23.7 Å². The highest BCUT2D eigenvalue weighted by Crippen LogP contribution is 2.34. The fourth-order valence-corrected chi connectivity index (χ4v) is 4.43. The van der Waals surface area contributed by atoms with Gasteiger partial charge in [-0.25, -0.2) is 0 Å². The van der Waals surface area contributed by atoms with Crippen molar-refractivity contribution in [1.29, 1.82) is 0 Å². The molecule has 0 spiro atoms. The van der Waals surface area contributed by atoms with Crippen LogP contribution in [0, 0.1) is 23.7 Å². The van der Waals surface area contributed by atoms with Crippen LogP contribution in [0.2, 0.25) is 0 Å². The molecule has 2 aliphatic carbocycles. The van der Waals surface area contributed by atoms with E-state index in [1.165, 1.54) is 51.4 Å². The predicted octanol–water partition coefficient (Wildman–Crippen LogP) is 5.95. The number of rotatable bonds is 9.